The molecule has 1 heterocycles. The lowest BCUT2D eigenvalue weighted by molar-refractivity contribution is 0.121. The second-order valence-electron chi connectivity index (χ2n) is 6.48. The van der Waals surface area contributed by atoms with Gasteiger partial charge < -0.3 is 14.4 Å². The molecule has 0 saturated carbocycles. The Morgan fingerprint density at radius 2 is 1.76 bits per heavy atom. The van der Waals surface area contributed by atoms with Gasteiger partial charge in [-0.2, -0.15) is 0 Å². The molecule has 0 atom stereocenters. The van der Waals surface area contributed by atoms with E-state index < -0.39 is 0 Å². The SMILES string of the molecule is CC/C=C\C=C/COCCOc1ccc(CCCN2CCCC2)cc1. The van der Waals surface area contributed by atoms with Crippen LogP contribution in [0.2, 0.25) is 0 Å². The third kappa shape index (κ3) is 8.89. The van der Waals surface area contributed by atoms with Gasteiger partial charge in [0.1, 0.15) is 12.4 Å². The van der Waals surface area contributed by atoms with Gasteiger partial charge in [-0.05, 0) is 69.4 Å². The fraction of sp³-hybridized carbons (Fsp3) is 0.545. The molecule has 3 heteroatoms. The lowest BCUT2D eigenvalue weighted by Gasteiger charge is -2.14. The third-order valence-corrected chi connectivity index (χ3v) is 4.39. The number of hydrogen-bond donors (Lipinski definition) is 0. The van der Waals surface area contributed by atoms with E-state index in [0.29, 0.717) is 19.8 Å². The van der Waals surface area contributed by atoms with Crippen molar-refractivity contribution in [2.45, 2.75) is 39.0 Å². The Morgan fingerprint density at radius 1 is 1.00 bits per heavy atom. The van der Waals surface area contributed by atoms with Gasteiger partial charge in [-0.1, -0.05) is 43.4 Å². The number of aryl methyl sites for hydroxylation is 1. The summed E-state index contributed by atoms with van der Waals surface area (Å²) in [5.74, 6) is 0.924. The summed E-state index contributed by atoms with van der Waals surface area (Å²) in [7, 11) is 0. The molecule has 1 fully saturated rings. The Bertz CT molecular complexity index is 501. The highest BCUT2D eigenvalue weighted by atomic mass is 16.5. The zero-order valence-electron chi connectivity index (χ0n) is 15.7. The summed E-state index contributed by atoms with van der Waals surface area (Å²) in [6, 6.07) is 8.51. The van der Waals surface area contributed by atoms with Crippen molar-refractivity contribution in [2.75, 3.05) is 39.5 Å². The number of hydrogen-bond acceptors (Lipinski definition) is 3. The Kier molecular flexibility index (Phi) is 10.1. The number of benzene rings is 1. The number of ether oxygens (including phenoxy) is 2. The standard InChI is InChI=1S/C22H33NO2/c1-2-3-4-5-8-18-24-19-20-25-22-13-11-21(12-14-22)10-9-17-23-15-6-7-16-23/h3-5,8,11-14H,2,6-7,9-10,15-20H2,1H3/b4-3-,8-5-. The molecule has 0 aliphatic carbocycles. The highest BCUT2D eigenvalue weighted by Gasteiger charge is 2.10. The average molecular weight is 344 g/mol. The first-order valence-corrected chi connectivity index (χ1v) is 9.72. The van der Waals surface area contributed by atoms with E-state index >= 15 is 0 Å². The van der Waals surface area contributed by atoms with Crippen LogP contribution in [0, 0.1) is 0 Å². The van der Waals surface area contributed by atoms with Crippen LogP contribution < -0.4 is 4.74 Å². The van der Waals surface area contributed by atoms with Gasteiger partial charge in [-0.15, -0.1) is 0 Å². The number of nitrogens with zero attached hydrogens (tertiary/aromatic N) is 1. The van der Waals surface area contributed by atoms with Crippen LogP contribution in [0.25, 0.3) is 0 Å². The molecule has 1 aromatic rings. The van der Waals surface area contributed by atoms with E-state index in [0.717, 1.165) is 18.6 Å². The van der Waals surface area contributed by atoms with Crippen molar-refractivity contribution in [3.8, 4) is 5.75 Å². The van der Waals surface area contributed by atoms with Crippen molar-refractivity contribution < 1.29 is 9.47 Å². The molecule has 1 aliphatic heterocycles. The van der Waals surface area contributed by atoms with E-state index in [1.807, 2.05) is 18.2 Å². The molecule has 0 amide bonds. The zero-order chi connectivity index (χ0) is 17.6. The predicted octanol–water partition coefficient (Wildman–Crippen LogP) is 4.63. The molecule has 2 rings (SSSR count). The first-order valence-electron chi connectivity index (χ1n) is 9.72. The Morgan fingerprint density at radius 3 is 2.52 bits per heavy atom. The summed E-state index contributed by atoms with van der Waals surface area (Å²) < 4.78 is 11.2. The maximum absolute atomic E-state index is 5.72. The van der Waals surface area contributed by atoms with E-state index in [9.17, 15) is 0 Å². The lowest BCUT2D eigenvalue weighted by Crippen LogP contribution is -2.20. The molecule has 3 nitrogen and oxygen atoms in total. The van der Waals surface area contributed by atoms with Crippen molar-refractivity contribution in [1.82, 2.24) is 4.90 Å². The first-order chi connectivity index (χ1) is 12.4. The van der Waals surface area contributed by atoms with Gasteiger partial charge in [-0.25, -0.2) is 0 Å². The fourth-order valence-corrected chi connectivity index (χ4v) is 2.98. The molecule has 0 aromatic heterocycles. The predicted molar refractivity (Wildman–Crippen MR) is 105 cm³/mol. The van der Waals surface area contributed by atoms with Crippen LogP contribution in [-0.2, 0) is 11.2 Å². The van der Waals surface area contributed by atoms with Gasteiger partial charge in [-0.3, -0.25) is 0 Å². The average Bonchev–Trinajstić information content (AvgIpc) is 3.15. The Hall–Kier alpha value is -1.58. The molecule has 0 bridgehead atoms. The summed E-state index contributed by atoms with van der Waals surface area (Å²) in [5, 5.41) is 0. The van der Waals surface area contributed by atoms with E-state index in [2.05, 4.69) is 42.2 Å². The molecular formula is C22H33NO2. The second kappa shape index (κ2) is 12.7. The van der Waals surface area contributed by atoms with E-state index in [4.69, 9.17) is 9.47 Å². The van der Waals surface area contributed by atoms with Crippen molar-refractivity contribution >= 4 is 0 Å². The minimum atomic E-state index is 0.590. The van der Waals surface area contributed by atoms with Gasteiger partial charge >= 0.3 is 0 Å². The lowest BCUT2D eigenvalue weighted by atomic mass is 10.1. The normalized spacial score (nSPS) is 15.6. The summed E-state index contributed by atoms with van der Waals surface area (Å²) in [6.07, 6.45) is 14.4. The van der Waals surface area contributed by atoms with E-state index in [1.54, 1.807) is 0 Å². The number of rotatable bonds is 12. The summed E-state index contributed by atoms with van der Waals surface area (Å²) in [4.78, 5) is 2.58. The van der Waals surface area contributed by atoms with Crippen LogP contribution in [0.3, 0.4) is 0 Å². The minimum absolute atomic E-state index is 0.590. The third-order valence-electron chi connectivity index (χ3n) is 4.39. The second-order valence-corrected chi connectivity index (χ2v) is 6.48. The molecular weight excluding hydrogens is 310 g/mol. The maximum atomic E-state index is 5.72. The first kappa shape index (κ1) is 19.7. The fourth-order valence-electron chi connectivity index (χ4n) is 2.98. The Labute approximate surface area is 153 Å². The highest BCUT2D eigenvalue weighted by Crippen LogP contribution is 2.14. The molecule has 138 valence electrons. The van der Waals surface area contributed by atoms with Crippen molar-refractivity contribution in [3.05, 3.63) is 54.1 Å². The number of allylic oxidation sites excluding steroid dienone is 3. The minimum Gasteiger partial charge on any atom is -0.491 e. The molecule has 1 saturated heterocycles. The van der Waals surface area contributed by atoms with Crippen LogP contribution in [0.4, 0.5) is 0 Å². The maximum Gasteiger partial charge on any atom is 0.119 e. The van der Waals surface area contributed by atoms with Crippen molar-refractivity contribution in [2.24, 2.45) is 0 Å². The van der Waals surface area contributed by atoms with Crippen LogP contribution in [0.15, 0.2) is 48.6 Å². The number of likely N-dealkylation sites (tertiary alicyclic amines) is 1. The van der Waals surface area contributed by atoms with Gasteiger partial charge in [0.25, 0.3) is 0 Å². The molecule has 25 heavy (non-hydrogen) atoms. The summed E-state index contributed by atoms with van der Waals surface area (Å²) in [5.41, 5.74) is 1.40. The molecule has 0 N–H and O–H groups in total. The Balaban J connectivity index is 1.52. The van der Waals surface area contributed by atoms with Gasteiger partial charge in [0.2, 0.25) is 0 Å². The quantitative estimate of drug-likeness (QED) is 0.408. The zero-order valence-corrected chi connectivity index (χ0v) is 15.7. The molecule has 1 aromatic carbocycles. The largest absolute Gasteiger partial charge is 0.491 e. The monoisotopic (exact) mass is 343 g/mol. The van der Waals surface area contributed by atoms with E-state index in [1.165, 1.54) is 44.5 Å². The van der Waals surface area contributed by atoms with Crippen LogP contribution in [0.1, 0.15) is 38.2 Å². The van der Waals surface area contributed by atoms with Crippen molar-refractivity contribution in [1.29, 1.82) is 0 Å². The summed E-state index contributed by atoms with van der Waals surface area (Å²) in [6.45, 7) is 7.78. The van der Waals surface area contributed by atoms with Crippen LogP contribution >= 0.6 is 0 Å². The molecule has 0 spiro atoms. The molecule has 0 unspecified atom stereocenters. The van der Waals surface area contributed by atoms with Gasteiger partial charge in [0.15, 0.2) is 0 Å². The van der Waals surface area contributed by atoms with Crippen LogP contribution in [0.5, 0.6) is 5.75 Å². The van der Waals surface area contributed by atoms with E-state index in [-0.39, 0.29) is 0 Å². The summed E-state index contributed by atoms with van der Waals surface area (Å²) >= 11 is 0. The molecule has 0 radical (unpaired) electrons. The van der Waals surface area contributed by atoms with Crippen LogP contribution in [-0.4, -0.2) is 44.4 Å². The van der Waals surface area contributed by atoms with Gasteiger partial charge in [0, 0.05) is 0 Å². The smallest absolute Gasteiger partial charge is 0.119 e. The molecule has 1 aliphatic rings. The topological polar surface area (TPSA) is 21.7 Å². The van der Waals surface area contributed by atoms with Crippen molar-refractivity contribution in [3.63, 3.8) is 0 Å². The highest BCUT2D eigenvalue weighted by molar-refractivity contribution is 5.27. The van der Waals surface area contributed by atoms with Gasteiger partial charge in [0.05, 0.1) is 13.2 Å².